The number of anilines is 1. The third-order valence-corrected chi connectivity index (χ3v) is 3.16. The third-order valence-electron chi connectivity index (χ3n) is 3.16. The first-order chi connectivity index (χ1) is 9.06. The zero-order chi connectivity index (χ0) is 13.8. The summed E-state index contributed by atoms with van der Waals surface area (Å²) in [7, 11) is 0. The molecule has 19 heavy (non-hydrogen) atoms. The Balaban J connectivity index is 2.10. The fourth-order valence-electron chi connectivity index (χ4n) is 2.19. The first-order valence-electron chi connectivity index (χ1n) is 6.25. The van der Waals surface area contributed by atoms with Gasteiger partial charge in [0.25, 0.3) is 0 Å². The van der Waals surface area contributed by atoms with E-state index >= 15 is 0 Å². The second-order valence-electron chi connectivity index (χ2n) is 4.64. The van der Waals surface area contributed by atoms with Crippen LogP contribution in [0.1, 0.15) is 23.7 Å². The highest BCUT2D eigenvalue weighted by molar-refractivity contribution is 5.95. The first kappa shape index (κ1) is 13.5. The van der Waals surface area contributed by atoms with E-state index in [4.69, 9.17) is 9.84 Å². The highest BCUT2D eigenvalue weighted by Gasteiger charge is 2.23. The number of morpholine rings is 1. The van der Waals surface area contributed by atoms with Gasteiger partial charge in [-0.2, -0.15) is 0 Å². The van der Waals surface area contributed by atoms with Crippen LogP contribution in [0.2, 0.25) is 0 Å². The van der Waals surface area contributed by atoms with Crippen molar-refractivity contribution >= 4 is 17.4 Å². The molecule has 1 aliphatic rings. The number of hydrogen-bond donors (Lipinski definition) is 1. The zero-order valence-corrected chi connectivity index (χ0v) is 10.8. The maximum atomic E-state index is 11.4. The monoisotopic (exact) mass is 263 g/mol. The number of hydrogen-bond acceptors (Lipinski definition) is 4. The van der Waals surface area contributed by atoms with Crippen molar-refractivity contribution < 1.29 is 19.4 Å². The fraction of sp³-hybridized carbons (Fsp3) is 0.429. The Labute approximate surface area is 111 Å². The van der Waals surface area contributed by atoms with Crippen LogP contribution in [0.25, 0.3) is 0 Å². The predicted octanol–water partition coefficient (Wildman–Crippen LogP) is 1.57. The number of carbonyl (C=O) groups is 2. The van der Waals surface area contributed by atoms with Gasteiger partial charge in [0.05, 0.1) is 19.1 Å². The van der Waals surface area contributed by atoms with Crippen LogP contribution in [0.15, 0.2) is 24.3 Å². The normalized spacial score (nSPS) is 19.2. The van der Waals surface area contributed by atoms with Gasteiger partial charge in [0.2, 0.25) is 0 Å². The van der Waals surface area contributed by atoms with Crippen molar-refractivity contribution in [1.29, 1.82) is 0 Å². The molecule has 1 heterocycles. The van der Waals surface area contributed by atoms with E-state index in [0.717, 1.165) is 5.69 Å². The smallest absolute Gasteiger partial charge is 0.306 e. The van der Waals surface area contributed by atoms with Crippen LogP contribution >= 0.6 is 0 Å². The van der Waals surface area contributed by atoms with Gasteiger partial charge in [0.15, 0.2) is 5.78 Å². The Kier molecular flexibility index (Phi) is 4.16. The molecule has 0 amide bonds. The molecule has 0 radical (unpaired) electrons. The van der Waals surface area contributed by atoms with Crippen LogP contribution < -0.4 is 4.90 Å². The second kappa shape index (κ2) is 5.84. The fourth-order valence-corrected chi connectivity index (χ4v) is 2.19. The number of aliphatic carboxylic acids is 1. The summed E-state index contributed by atoms with van der Waals surface area (Å²) >= 11 is 0. The lowest BCUT2D eigenvalue weighted by atomic mass is 10.1. The van der Waals surface area contributed by atoms with Crippen molar-refractivity contribution in [3.63, 3.8) is 0 Å². The van der Waals surface area contributed by atoms with Crippen LogP contribution in [0.4, 0.5) is 5.69 Å². The molecule has 1 N–H and O–H groups in total. The van der Waals surface area contributed by atoms with Gasteiger partial charge in [-0.05, 0) is 19.1 Å². The van der Waals surface area contributed by atoms with E-state index < -0.39 is 5.97 Å². The largest absolute Gasteiger partial charge is 0.481 e. The van der Waals surface area contributed by atoms with Crippen LogP contribution in [-0.4, -0.2) is 42.7 Å². The topological polar surface area (TPSA) is 66.8 Å². The van der Waals surface area contributed by atoms with E-state index in [9.17, 15) is 9.59 Å². The molecule has 1 aromatic rings. The molecule has 1 saturated heterocycles. The highest BCUT2D eigenvalue weighted by Crippen LogP contribution is 2.20. The molecule has 0 bridgehead atoms. The number of carboxylic acids is 1. The summed E-state index contributed by atoms with van der Waals surface area (Å²) in [6, 6.07) is 7.38. The average Bonchev–Trinajstić information content (AvgIpc) is 2.38. The van der Waals surface area contributed by atoms with Gasteiger partial charge >= 0.3 is 5.97 Å². The van der Waals surface area contributed by atoms with Crippen LogP contribution in [0, 0.1) is 0 Å². The van der Waals surface area contributed by atoms with E-state index in [1.54, 1.807) is 6.07 Å². The minimum absolute atomic E-state index is 0.00288. The number of carbonyl (C=O) groups excluding carboxylic acids is 1. The Morgan fingerprint density at radius 2 is 2.26 bits per heavy atom. The number of ether oxygens (including phenoxy) is 1. The van der Waals surface area contributed by atoms with E-state index in [0.29, 0.717) is 25.3 Å². The predicted molar refractivity (Wildman–Crippen MR) is 70.7 cm³/mol. The van der Waals surface area contributed by atoms with Crippen molar-refractivity contribution in [3.05, 3.63) is 29.8 Å². The molecular weight excluding hydrogens is 246 g/mol. The summed E-state index contributed by atoms with van der Waals surface area (Å²) in [5, 5.41) is 8.80. The number of ketones is 1. The molecule has 2 rings (SSSR count). The van der Waals surface area contributed by atoms with Gasteiger partial charge in [-0.3, -0.25) is 9.59 Å². The van der Waals surface area contributed by atoms with Gasteiger partial charge in [-0.1, -0.05) is 12.1 Å². The summed E-state index contributed by atoms with van der Waals surface area (Å²) in [6.45, 7) is 3.28. The van der Waals surface area contributed by atoms with Crippen LogP contribution in [0.5, 0.6) is 0 Å². The Morgan fingerprint density at radius 1 is 1.47 bits per heavy atom. The Bertz CT molecular complexity index is 486. The van der Waals surface area contributed by atoms with E-state index in [-0.39, 0.29) is 18.3 Å². The molecule has 0 saturated carbocycles. The van der Waals surface area contributed by atoms with Crippen LogP contribution in [-0.2, 0) is 9.53 Å². The summed E-state index contributed by atoms with van der Waals surface area (Å²) in [5.74, 6) is -0.832. The molecule has 0 aromatic heterocycles. The lowest BCUT2D eigenvalue weighted by Crippen LogP contribution is -2.43. The van der Waals surface area contributed by atoms with Crippen molar-refractivity contribution in [3.8, 4) is 0 Å². The van der Waals surface area contributed by atoms with Gasteiger partial charge in [0.1, 0.15) is 0 Å². The SMILES string of the molecule is CC(=O)c1cccc(N2CCOC(CC(=O)O)C2)c1. The maximum absolute atomic E-state index is 11.4. The molecule has 1 aliphatic heterocycles. The lowest BCUT2D eigenvalue weighted by Gasteiger charge is -2.34. The third kappa shape index (κ3) is 3.54. The average molecular weight is 263 g/mol. The summed E-state index contributed by atoms with van der Waals surface area (Å²) in [6.07, 6.45) is -0.296. The van der Waals surface area contributed by atoms with Gasteiger partial charge in [0, 0.05) is 24.3 Å². The molecule has 1 fully saturated rings. The molecule has 5 heteroatoms. The Hall–Kier alpha value is -1.88. The van der Waals surface area contributed by atoms with Crippen LogP contribution in [0.3, 0.4) is 0 Å². The number of nitrogens with zero attached hydrogens (tertiary/aromatic N) is 1. The van der Waals surface area contributed by atoms with Crippen molar-refractivity contribution in [2.24, 2.45) is 0 Å². The van der Waals surface area contributed by atoms with Gasteiger partial charge in [-0.25, -0.2) is 0 Å². The lowest BCUT2D eigenvalue weighted by molar-refractivity contribution is -0.140. The van der Waals surface area contributed by atoms with Crippen molar-refractivity contribution in [2.45, 2.75) is 19.4 Å². The minimum Gasteiger partial charge on any atom is -0.481 e. The van der Waals surface area contributed by atoms with E-state index in [2.05, 4.69) is 4.90 Å². The molecule has 0 aliphatic carbocycles. The molecular formula is C14H17NO4. The maximum Gasteiger partial charge on any atom is 0.306 e. The standard InChI is InChI=1S/C14H17NO4/c1-10(16)11-3-2-4-12(7-11)15-5-6-19-13(9-15)8-14(17)18/h2-4,7,13H,5-6,8-9H2,1H3,(H,17,18). The second-order valence-corrected chi connectivity index (χ2v) is 4.64. The molecule has 5 nitrogen and oxygen atoms in total. The Morgan fingerprint density at radius 3 is 2.95 bits per heavy atom. The van der Waals surface area contributed by atoms with Gasteiger partial charge in [-0.15, -0.1) is 0 Å². The van der Waals surface area contributed by atoms with E-state index in [1.807, 2.05) is 18.2 Å². The van der Waals surface area contributed by atoms with Crippen molar-refractivity contribution in [1.82, 2.24) is 0 Å². The van der Waals surface area contributed by atoms with E-state index in [1.165, 1.54) is 6.92 Å². The van der Waals surface area contributed by atoms with Gasteiger partial charge < -0.3 is 14.7 Å². The number of rotatable bonds is 4. The first-order valence-corrected chi connectivity index (χ1v) is 6.25. The highest BCUT2D eigenvalue weighted by atomic mass is 16.5. The minimum atomic E-state index is -0.857. The summed E-state index contributed by atoms with van der Waals surface area (Å²) < 4.78 is 5.43. The quantitative estimate of drug-likeness (QED) is 0.835. The van der Waals surface area contributed by atoms with Crippen molar-refractivity contribution in [2.75, 3.05) is 24.6 Å². The molecule has 1 atom stereocenters. The number of benzene rings is 1. The molecule has 1 aromatic carbocycles. The number of carboxylic acid groups (broad SMARTS) is 1. The molecule has 1 unspecified atom stereocenters. The number of Topliss-reactive ketones (excluding diaryl/α,β-unsaturated/α-hetero) is 1. The molecule has 0 spiro atoms. The molecule has 102 valence electrons. The zero-order valence-electron chi connectivity index (χ0n) is 10.8. The summed E-state index contributed by atoms with van der Waals surface area (Å²) in [4.78, 5) is 24.1. The summed E-state index contributed by atoms with van der Waals surface area (Å²) in [5.41, 5.74) is 1.60.